The lowest BCUT2D eigenvalue weighted by Gasteiger charge is -2.37. The lowest BCUT2D eigenvalue weighted by atomic mass is 9.78. The van der Waals surface area contributed by atoms with E-state index in [0.717, 1.165) is 32.2 Å². The molecule has 4 heteroatoms. The van der Waals surface area contributed by atoms with Crippen molar-refractivity contribution in [3.63, 3.8) is 0 Å². The van der Waals surface area contributed by atoms with E-state index in [1.165, 1.54) is 12.8 Å². The molecule has 3 N–H and O–H groups in total. The van der Waals surface area contributed by atoms with Gasteiger partial charge in [-0.3, -0.25) is 4.79 Å². The number of nitrogens with zero attached hydrogens (tertiary/aromatic N) is 1. The maximum Gasteiger partial charge on any atom is 0.223 e. The molecule has 1 aliphatic carbocycles. The Morgan fingerprint density at radius 1 is 1.32 bits per heavy atom. The second kappa shape index (κ2) is 6.71. The first-order valence-corrected chi connectivity index (χ1v) is 7.82. The summed E-state index contributed by atoms with van der Waals surface area (Å²) in [5, 5.41) is 3.28. The summed E-state index contributed by atoms with van der Waals surface area (Å²) in [5.74, 6) is 0.822. The Morgan fingerprint density at radius 2 is 2.05 bits per heavy atom. The minimum absolute atomic E-state index is 0.161. The molecule has 2 aliphatic rings. The van der Waals surface area contributed by atoms with Gasteiger partial charge in [0.2, 0.25) is 5.91 Å². The van der Waals surface area contributed by atoms with E-state index in [1.807, 2.05) is 0 Å². The number of nitrogens with one attached hydrogen (secondary N) is 1. The summed E-state index contributed by atoms with van der Waals surface area (Å²) in [5.41, 5.74) is 5.82. The molecule has 1 saturated carbocycles. The number of hydrogen-bond donors (Lipinski definition) is 2. The SMILES string of the molecule is CC1CC(NC(=O)C2CCCCC2CN)CCN1C. The van der Waals surface area contributed by atoms with Crippen LogP contribution in [0, 0.1) is 11.8 Å². The van der Waals surface area contributed by atoms with Gasteiger partial charge < -0.3 is 16.0 Å². The smallest absolute Gasteiger partial charge is 0.223 e. The van der Waals surface area contributed by atoms with Crippen molar-refractivity contribution in [3.05, 3.63) is 0 Å². The summed E-state index contributed by atoms with van der Waals surface area (Å²) < 4.78 is 0. The fourth-order valence-corrected chi connectivity index (χ4v) is 3.56. The Morgan fingerprint density at radius 3 is 2.74 bits per heavy atom. The van der Waals surface area contributed by atoms with Crippen LogP contribution in [0.3, 0.4) is 0 Å². The molecule has 110 valence electrons. The van der Waals surface area contributed by atoms with Crippen LogP contribution in [-0.4, -0.2) is 43.0 Å². The minimum Gasteiger partial charge on any atom is -0.353 e. The van der Waals surface area contributed by atoms with E-state index in [1.54, 1.807) is 0 Å². The molecule has 1 aliphatic heterocycles. The van der Waals surface area contributed by atoms with Gasteiger partial charge in [-0.1, -0.05) is 12.8 Å². The van der Waals surface area contributed by atoms with E-state index >= 15 is 0 Å². The van der Waals surface area contributed by atoms with Gasteiger partial charge in [-0.25, -0.2) is 0 Å². The largest absolute Gasteiger partial charge is 0.353 e. The quantitative estimate of drug-likeness (QED) is 0.811. The molecule has 4 nitrogen and oxygen atoms in total. The minimum atomic E-state index is 0.161. The van der Waals surface area contributed by atoms with Crippen LogP contribution in [0.15, 0.2) is 0 Å². The lowest BCUT2D eigenvalue weighted by molar-refractivity contribution is -0.128. The van der Waals surface area contributed by atoms with E-state index in [-0.39, 0.29) is 11.8 Å². The Bertz CT molecular complexity index is 308. The molecule has 0 aromatic rings. The third-order valence-electron chi connectivity index (χ3n) is 5.10. The zero-order chi connectivity index (χ0) is 13.8. The maximum absolute atomic E-state index is 12.4. The summed E-state index contributed by atoms with van der Waals surface area (Å²) in [6.45, 7) is 3.97. The molecule has 1 saturated heterocycles. The predicted octanol–water partition coefficient (Wildman–Crippen LogP) is 1.35. The fraction of sp³-hybridized carbons (Fsp3) is 0.933. The van der Waals surface area contributed by atoms with Crippen LogP contribution in [-0.2, 0) is 4.79 Å². The number of piperidine rings is 1. The molecule has 0 radical (unpaired) electrons. The van der Waals surface area contributed by atoms with Gasteiger partial charge in [-0.05, 0) is 52.1 Å². The Hall–Kier alpha value is -0.610. The van der Waals surface area contributed by atoms with Gasteiger partial charge in [0, 0.05) is 24.5 Å². The molecule has 2 rings (SSSR count). The van der Waals surface area contributed by atoms with Gasteiger partial charge in [0.25, 0.3) is 0 Å². The highest BCUT2D eigenvalue weighted by molar-refractivity contribution is 5.79. The van der Waals surface area contributed by atoms with Crippen LogP contribution in [0.4, 0.5) is 0 Å². The first-order chi connectivity index (χ1) is 9.11. The molecule has 4 unspecified atom stereocenters. The molecule has 0 spiro atoms. The number of likely N-dealkylation sites (tertiary alicyclic amines) is 1. The van der Waals surface area contributed by atoms with E-state index in [2.05, 4.69) is 24.2 Å². The van der Waals surface area contributed by atoms with Crippen LogP contribution in [0.1, 0.15) is 45.4 Å². The van der Waals surface area contributed by atoms with Crippen molar-refractivity contribution in [1.82, 2.24) is 10.2 Å². The normalized spacial score (nSPS) is 37.0. The first-order valence-electron chi connectivity index (χ1n) is 7.82. The average molecular weight is 267 g/mol. The number of hydrogen-bond acceptors (Lipinski definition) is 3. The molecular formula is C15H29N3O. The Kier molecular flexibility index (Phi) is 5.22. The topological polar surface area (TPSA) is 58.4 Å². The standard InChI is InChI=1S/C15H29N3O/c1-11-9-13(7-8-18(11)2)17-15(19)14-6-4-3-5-12(14)10-16/h11-14H,3-10,16H2,1-2H3,(H,17,19). The summed E-state index contributed by atoms with van der Waals surface area (Å²) >= 11 is 0. The molecule has 19 heavy (non-hydrogen) atoms. The van der Waals surface area contributed by atoms with Crippen LogP contribution >= 0.6 is 0 Å². The molecule has 4 atom stereocenters. The van der Waals surface area contributed by atoms with Crippen LogP contribution in [0.2, 0.25) is 0 Å². The van der Waals surface area contributed by atoms with E-state index in [4.69, 9.17) is 5.73 Å². The molecule has 2 fully saturated rings. The third-order valence-corrected chi connectivity index (χ3v) is 5.10. The second-order valence-corrected chi connectivity index (χ2v) is 6.45. The zero-order valence-corrected chi connectivity index (χ0v) is 12.4. The van der Waals surface area contributed by atoms with Crippen molar-refractivity contribution in [2.75, 3.05) is 20.1 Å². The van der Waals surface area contributed by atoms with Gasteiger partial charge in [0.15, 0.2) is 0 Å². The lowest BCUT2D eigenvalue weighted by Crippen LogP contribution is -2.50. The highest BCUT2D eigenvalue weighted by Crippen LogP contribution is 2.30. The molecule has 0 aromatic heterocycles. The van der Waals surface area contributed by atoms with Crippen molar-refractivity contribution in [3.8, 4) is 0 Å². The molecule has 0 bridgehead atoms. The van der Waals surface area contributed by atoms with Gasteiger partial charge in [-0.2, -0.15) is 0 Å². The van der Waals surface area contributed by atoms with E-state index < -0.39 is 0 Å². The highest BCUT2D eigenvalue weighted by Gasteiger charge is 2.32. The van der Waals surface area contributed by atoms with E-state index in [0.29, 0.717) is 24.5 Å². The maximum atomic E-state index is 12.4. The highest BCUT2D eigenvalue weighted by atomic mass is 16.2. The molecule has 0 aromatic carbocycles. The summed E-state index contributed by atoms with van der Waals surface area (Å²) in [6, 6.07) is 0.926. The molecular weight excluding hydrogens is 238 g/mol. The van der Waals surface area contributed by atoms with Crippen LogP contribution in [0.25, 0.3) is 0 Å². The Balaban J connectivity index is 1.86. The number of nitrogens with two attached hydrogens (primary N) is 1. The van der Waals surface area contributed by atoms with Crippen molar-refractivity contribution < 1.29 is 4.79 Å². The summed E-state index contributed by atoms with van der Waals surface area (Å²) in [7, 11) is 2.16. The fourth-order valence-electron chi connectivity index (χ4n) is 3.56. The van der Waals surface area contributed by atoms with Gasteiger partial charge in [0.1, 0.15) is 0 Å². The van der Waals surface area contributed by atoms with Gasteiger partial charge in [-0.15, -0.1) is 0 Å². The van der Waals surface area contributed by atoms with Crippen molar-refractivity contribution in [2.45, 2.75) is 57.5 Å². The number of carbonyl (C=O) groups excluding carboxylic acids is 1. The molecule has 1 amide bonds. The number of rotatable bonds is 3. The molecule has 1 heterocycles. The van der Waals surface area contributed by atoms with Gasteiger partial charge in [0.05, 0.1) is 0 Å². The summed E-state index contributed by atoms with van der Waals surface area (Å²) in [4.78, 5) is 14.8. The van der Waals surface area contributed by atoms with Crippen LogP contribution < -0.4 is 11.1 Å². The van der Waals surface area contributed by atoms with Crippen molar-refractivity contribution in [2.24, 2.45) is 17.6 Å². The van der Waals surface area contributed by atoms with Crippen molar-refractivity contribution in [1.29, 1.82) is 0 Å². The van der Waals surface area contributed by atoms with E-state index in [9.17, 15) is 4.79 Å². The number of amides is 1. The van der Waals surface area contributed by atoms with Crippen molar-refractivity contribution >= 4 is 5.91 Å². The summed E-state index contributed by atoms with van der Waals surface area (Å²) in [6.07, 6.45) is 6.71. The predicted molar refractivity (Wildman–Crippen MR) is 77.8 cm³/mol. The third kappa shape index (κ3) is 3.69. The number of carbonyl (C=O) groups is 1. The monoisotopic (exact) mass is 267 g/mol. The second-order valence-electron chi connectivity index (χ2n) is 6.45. The zero-order valence-electron chi connectivity index (χ0n) is 12.4. The van der Waals surface area contributed by atoms with Crippen LogP contribution in [0.5, 0.6) is 0 Å². The first kappa shape index (κ1) is 14.8. The Labute approximate surface area is 117 Å². The van der Waals surface area contributed by atoms with Gasteiger partial charge >= 0.3 is 0 Å². The average Bonchev–Trinajstić information content (AvgIpc) is 2.43.